The van der Waals surface area contributed by atoms with Crippen molar-refractivity contribution in [1.82, 2.24) is 5.32 Å². The summed E-state index contributed by atoms with van der Waals surface area (Å²) in [4.78, 5) is 0. The highest BCUT2D eigenvalue weighted by molar-refractivity contribution is 5.18. The minimum absolute atomic E-state index is 0.0565. The maximum Gasteiger partial charge on any atom is 0.126 e. The van der Waals surface area contributed by atoms with Crippen molar-refractivity contribution in [1.29, 1.82) is 0 Å². The standard InChI is InChI=1S/C17H26FN/c1-2-19-17(14-9-5-3-4-6-10-14)13-15-11-7-8-12-16(15)18/h7-8,11-12,14,17,19H,2-6,9-10,13H2,1H3. The number of hydrogen-bond acceptors (Lipinski definition) is 1. The first-order valence-corrected chi connectivity index (χ1v) is 7.78. The van der Waals surface area contributed by atoms with Crippen LogP contribution in [0.25, 0.3) is 0 Å². The first kappa shape index (κ1) is 14.5. The van der Waals surface area contributed by atoms with Gasteiger partial charge in [-0.05, 0) is 43.4 Å². The third-order valence-corrected chi connectivity index (χ3v) is 4.33. The third-order valence-electron chi connectivity index (χ3n) is 4.33. The van der Waals surface area contributed by atoms with E-state index in [2.05, 4.69) is 12.2 Å². The molecule has 0 heterocycles. The molecule has 2 heteroatoms. The molecular formula is C17H26FN. The fraction of sp³-hybridized carbons (Fsp3) is 0.647. The van der Waals surface area contributed by atoms with Crippen LogP contribution in [0.1, 0.15) is 51.0 Å². The van der Waals surface area contributed by atoms with Crippen LogP contribution in [-0.4, -0.2) is 12.6 Å². The zero-order valence-electron chi connectivity index (χ0n) is 12.0. The van der Waals surface area contributed by atoms with Gasteiger partial charge in [0.2, 0.25) is 0 Å². The predicted molar refractivity (Wildman–Crippen MR) is 78.8 cm³/mol. The molecule has 1 aliphatic carbocycles. The van der Waals surface area contributed by atoms with Crippen LogP contribution in [0.3, 0.4) is 0 Å². The number of hydrogen-bond donors (Lipinski definition) is 1. The summed E-state index contributed by atoms with van der Waals surface area (Å²) in [6.07, 6.45) is 8.83. The Morgan fingerprint density at radius 3 is 2.47 bits per heavy atom. The average molecular weight is 263 g/mol. The molecule has 0 spiro atoms. The molecule has 1 aliphatic rings. The zero-order valence-corrected chi connectivity index (χ0v) is 12.0. The monoisotopic (exact) mass is 263 g/mol. The molecular weight excluding hydrogens is 237 g/mol. The van der Waals surface area contributed by atoms with Crippen LogP contribution >= 0.6 is 0 Å². The van der Waals surface area contributed by atoms with Crippen molar-refractivity contribution in [3.05, 3.63) is 35.6 Å². The topological polar surface area (TPSA) is 12.0 Å². The van der Waals surface area contributed by atoms with Crippen LogP contribution in [0.5, 0.6) is 0 Å². The summed E-state index contributed by atoms with van der Waals surface area (Å²) in [5, 5.41) is 3.59. The number of rotatable bonds is 5. The van der Waals surface area contributed by atoms with Crippen LogP contribution in [0.2, 0.25) is 0 Å². The van der Waals surface area contributed by atoms with Gasteiger partial charge in [0.05, 0.1) is 0 Å². The first-order valence-electron chi connectivity index (χ1n) is 7.78. The molecule has 1 N–H and O–H groups in total. The summed E-state index contributed by atoms with van der Waals surface area (Å²) < 4.78 is 13.8. The van der Waals surface area contributed by atoms with Gasteiger partial charge in [0.25, 0.3) is 0 Å². The summed E-state index contributed by atoms with van der Waals surface area (Å²) in [5.41, 5.74) is 0.859. The largest absolute Gasteiger partial charge is 0.314 e. The molecule has 1 saturated carbocycles. The lowest BCUT2D eigenvalue weighted by Crippen LogP contribution is -2.38. The highest BCUT2D eigenvalue weighted by Gasteiger charge is 2.23. The normalized spacial score (nSPS) is 19.1. The van der Waals surface area contributed by atoms with E-state index >= 15 is 0 Å². The van der Waals surface area contributed by atoms with Crippen LogP contribution < -0.4 is 5.32 Å². The van der Waals surface area contributed by atoms with E-state index in [1.54, 1.807) is 12.1 Å². The number of halogens is 1. The number of likely N-dealkylation sites (N-methyl/N-ethyl adjacent to an activating group) is 1. The summed E-state index contributed by atoms with van der Waals surface area (Å²) in [6, 6.07) is 7.64. The van der Waals surface area contributed by atoms with Crippen LogP contribution in [0.4, 0.5) is 4.39 Å². The van der Waals surface area contributed by atoms with Gasteiger partial charge in [-0.25, -0.2) is 4.39 Å². The Bertz CT molecular complexity index is 369. The van der Waals surface area contributed by atoms with Crippen molar-refractivity contribution in [3.63, 3.8) is 0 Å². The molecule has 0 amide bonds. The van der Waals surface area contributed by atoms with Gasteiger partial charge < -0.3 is 5.32 Å². The van der Waals surface area contributed by atoms with E-state index in [-0.39, 0.29) is 5.82 Å². The molecule has 19 heavy (non-hydrogen) atoms. The van der Waals surface area contributed by atoms with E-state index in [1.165, 1.54) is 38.5 Å². The summed E-state index contributed by atoms with van der Waals surface area (Å²) in [7, 11) is 0. The van der Waals surface area contributed by atoms with Crippen molar-refractivity contribution in [2.24, 2.45) is 5.92 Å². The molecule has 0 saturated heterocycles. The Morgan fingerprint density at radius 2 is 1.84 bits per heavy atom. The summed E-state index contributed by atoms with van der Waals surface area (Å²) in [5.74, 6) is 0.654. The lowest BCUT2D eigenvalue weighted by molar-refractivity contribution is 0.319. The van der Waals surface area contributed by atoms with Crippen molar-refractivity contribution in [2.75, 3.05) is 6.54 Å². The van der Waals surface area contributed by atoms with Gasteiger partial charge >= 0.3 is 0 Å². The van der Waals surface area contributed by atoms with Gasteiger partial charge in [0, 0.05) is 6.04 Å². The van der Waals surface area contributed by atoms with Crippen molar-refractivity contribution in [3.8, 4) is 0 Å². The lowest BCUT2D eigenvalue weighted by Gasteiger charge is -2.27. The zero-order chi connectivity index (χ0) is 13.5. The maximum atomic E-state index is 13.8. The van der Waals surface area contributed by atoms with Gasteiger partial charge in [-0.3, -0.25) is 0 Å². The Hall–Kier alpha value is -0.890. The number of nitrogens with one attached hydrogen (secondary N) is 1. The SMILES string of the molecule is CCNC(Cc1ccccc1F)C1CCCCCC1. The summed E-state index contributed by atoms with van der Waals surface area (Å²) in [6.45, 7) is 3.11. The molecule has 1 atom stereocenters. The second-order valence-corrected chi connectivity index (χ2v) is 5.71. The van der Waals surface area contributed by atoms with Gasteiger partial charge in [-0.1, -0.05) is 50.8 Å². The molecule has 1 nitrogen and oxygen atoms in total. The van der Waals surface area contributed by atoms with Crippen LogP contribution in [-0.2, 0) is 6.42 Å². The molecule has 1 unspecified atom stereocenters. The van der Waals surface area contributed by atoms with E-state index in [0.717, 1.165) is 18.5 Å². The molecule has 1 fully saturated rings. The Kier molecular flexibility index (Phi) is 5.84. The van der Waals surface area contributed by atoms with E-state index in [4.69, 9.17) is 0 Å². The molecule has 0 radical (unpaired) electrons. The van der Waals surface area contributed by atoms with Crippen LogP contribution in [0.15, 0.2) is 24.3 Å². The first-order chi connectivity index (χ1) is 9.31. The smallest absolute Gasteiger partial charge is 0.126 e. The van der Waals surface area contributed by atoms with Gasteiger partial charge in [0.1, 0.15) is 5.82 Å². The average Bonchev–Trinajstić information content (AvgIpc) is 2.69. The number of benzene rings is 1. The minimum atomic E-state index is -0.0565. The molecule has 1 aromatic carbocycles. The van der Waals surface area contributed by atoms with Gasteiger partial charge in [-0.15, -0.1) is 0 Å². The highest BCUT2D eigenvalue weighted by Crippen LogP contribution is 2.27. The Balaban J connectivity index is 2.04. The molecule has 0 aliphatic heterocycles. The van der Waals surface area contributed by atoms with Crippen molar-refractivity contribution < 1.29 is 4.39 Å². The van der Waals surface area contributed by atoms with E-state index in [9.17, 15) is 4.39 Å². The fourth-order valence-corrected chi connectivity index (χ4v) is 3.28. The van der Waals surface area contributed by atoms with E-state index in [1.807, 2.05) is 12.1 Å². The predicted octanol–water partition coefficient (Wildman–Crippen LogP) is 4.32. The van der Waals surface area contributed by atoms with E-state index in [0.29, 0.717) is 12.0 Å². The van der Waals surface area contributed by atoms with E-state index < -0.39 is 0 Å². The van der Waals surface area contributed by atoms with Crippen molar-refractivity contribution in [2.45, 2.75) is 57.9 Å². The molecule has 2 rings (SSSR count). The molecule has 1 aromatic rings. The second kappa shape index (κ2) is 7.64. The molecule has 0 aromatic heterocycles. The molecule has 0 bridgehead atoms. The van der Waals surface area contributed by atoms with Crippen molar-refractivity contribution >= 4 is 0 Å². The maximum absolute atomic E-state index is 13.8. The third kappa shape index (κ3) is 4.31. The minimum Gasteiger partial charge on any atom is -0.314 e. The Morgan fingerprint density at radius 1 is 1.16 bits per heavy atom. The summed E-state index contributed by atoms with van der Waals surface area (Å²) >= 11 is 0. The van der Waals surface area contributed by atoms with Crippen LogP contribution in [0, 0.1) is 11.7 Å². The molecule has 106 valence electrons. The van der Waals surface area contributed by atoms with Gasteiger partial charge in [0.15, 0.2) is 0 Å². The fourth-order valence-electron chi connectivity index (χ4n) is 3.28. The lowest BCUT2D eigenvalue weighted by atomic mass is 9.87. The second-order valence-electron chi connectivity index (χ2n) is 5.71. The quantitative estimate of drug-likeness (QED) is 0.780. The highest BCUT2D eigenvalue weighted by atomic mass is 19.1. The van der Waals surface area contributed by atoms with Gasteiger partial charge in [-0.2, -0.15) is 0 Å². The Labute approximate surface area is 116 Å².